The first-order chi connectivity index (χ1) is 9.18. The monoisotopic (exact) mass is 330 g/mol. The molecule has 0 bridgehead atoms. The Kier molecular flexibility index (Phi) is 4.09. The van der Waals surface area contributed by atoms with E-state index < -0.39 is 10.0 Å². The highest BCUT2D eigenvalue weighted by atomic mass is 35.5. The Hall–Kier alpha value is -1.11. The van der Waals surface area contributed by atoms with Crippen LogP contribution in [0.4, 0.5) is 5.69 Å². The number of nitrogens with one attached hydrogen (secondary N) is 1. The van der Waals surface area contributed by atoms with Crippen LogP contribution in [0.2, 0.25) is 4.47 Å². The Bertz CT molecular complexity index is 701. The topological polar surface area (TPSA) is 59.1 Å². The van der Waals surface area contributed by atoms with Crippen LogP contribution < -0.4 is 4.72 Å². The van der Waals surface area contributed by atoms with Gasteiger partial charge in [0.05, 0.1) is 6.20 Å². The molecule has 2 rings (SSSR count). The van der Waals surface area contributed by atoms with Crippen molar-refractivity contribution in [3.63, 3.8) is 0 Å². The summed E-state index contributed by atoms with van der Waals surface area (Å²) in [5, 5.41) is 0. The molecule has 4 nitrogen and oxygen atoms in total. The molecule has 0 saturated carbocycles. The predicted molar refractivity (Wildman–Crippen MR) is 83.1 cm³/mol. The van der Waals surface area contributed by atoms with Gasteiger partial charge in [0, 0.05) is 5.69 Å². The lowest BCUT2D eigenvalue weighted by atomic mass is 9.87. The van der Waals surface area contributed by atoms with Crippen LogP contribution in [0.25, 0.3) is 0 Å². The number of hydrogen-bond donors (Lipinski definition) is 1. The molecule has 1 aromatic carbocycles. The minimum absolute atomic E-state index is 0.0304. The number of anilines is 1. The van der Waals surface area contributed by atoms with Crippen molar-refractivity contribution in [1.29, 1.82) is 0 Å². The summed E-state index contributed by atoms with van der Waals surface area (Å²) < 4.78 is 27.0. The molecule has 7 heteroatoms. The Morgan fingerprint density at radius 3 is 2.25 bits per heavy atom. The molecule has 1 N–H and O–H groups in total. The Morgan fingerprint density at radius 1 is 1.20 bits per heavy atom. The molecule has 108 valence electrons. The van der Waals surface area contributed by atoms with Gasteiger partial charge in [-0.3, -0.25) is 4.72 Å². The normalized spacial score (nSPS) is 12.4. The van der Waals surface area contributed by atoms with Crippen LogP contribution in [-0.4, -0.2) is 13.4 Å². The van der Waals surface area contributed by atoms with Gasteiger partial charge < -0.3 is 0 Å². The fourth-order valence-electron chi connectivity index (χ4n) is 1.61. The van der Waals surface area contributed by atoms with Gasteiger partial charge in [-0.2, -0.15) is 0 Å². The molecule has 0 saturated heterocycles. The molecule has 1 heterocycles. The quantitative estimate of drug-likeness (QED) is 0.928. The van der Waals surface area contributed by atoms with E-state index in [1.807, 2.05) is 12.1 Å². The van der Waals surface area contributed by atoms with Crippen LogP contribution >= 0.6 is 22.9 Å². The van der Waals surface area contributed by atoms with E-state index in [9.17, 15) is 8.42 Å². The minimum atomic E-state index is -3.62. The Labute approximate surface area is 127 Å². The van der Waals surface area contributed by atoms with Crippen LogP contribution in [0.5, 0.6) is 0 Å². The summed E-state index contributed by atoms with van der Waals surface area (Å²) in [4.78, 5) is 3.74. The lowest BCUT2D eigenvalue weighted by Crippen LogP contribution is -2.13. The maximum Gasteiger partial charge on any atom is 0.273 e. The average Bonchev–Trinajstić information content (AvgIpc) is 2.76. The summed E-state index contributed by atoms with van der Waals surface area (Å²) in [6.45, 7) is 6.31. The molecule has 0 aliphatic heterocycles. The first-order valence-electron chi connectivity index (χ1n) is 5.93. The number of sulfonamides is 1. The van der Waals surface area contributed by atoms with Crippen molar-refractivity contribution in [1.82, 2.24) is 4.98 Å². The zero-order valence-corrected chi connectivity index (χ0v) is 13.7. The van der Waals surface area contributed by atoms with Crippen molar-refractivity contribution in [2.45, 2.75) is 30.4 Å². The first kappa shape index (κ1) is 15.3. The van der Waals surface area contributed by atoms with Gasteiger partial charge in [-0.05, 0) is 23.1 Å². The molecule has 0 unspecified atom stereocenters. The van der Waals surface area contributed by atoms with E-state index in [0.29, 0.717) is 5.69 Å². The fourth-order valence-corrected chi connectivity index (χ4v) is 3.96. The second-order valence-corrected chi connectivity index (χ2v) is 8.89. The van der Waals surface area contributed by atoms with Gasteiger partial charge in [-0.15, -0.1) is 0 Å². The first-order valence-corrected chi connectivity index (χ1v) is 8.61. The molecule has 2 aromatic rings. The molecule has 0 radical (unpaired) electrons. The van der Waals surface area contributed by atoms with Crippen molar-refractivity contribution < 1.29 is 8.42 Å². The van der Waals surface area contributed by atoms with Crippen molar-refractivity contribution in [3.8, 4) is 0 Å². The molecule has 0 aliphatic rings. The van der Waals surface area contributed by atoms with E-state index in [4.69, 9.17) is 11.6 Å². The Morgan fingerprint density at radius 2 is 1.80 bits per heavy atom. The number of hydrogen-bond acceptors (Lipinski definition) is 4. The number of rotatable bonds is 3. The van der Waals surface area contributed by atoms with Gasteiger partial charge in [-0.1, -0.05) is 55.8 Å². The maximum atomic E-state index is 12.1. The lowest BCUT2D eigenvalue weighted by Gasteiger charge is -2.19. The number of thiazole rings is 1. The third-order valence-corrected chi connectivity index (χ3v) is 5.68. The highest BCUT2D eigenvalue weighted by Crippen LogP contribution is 2.26. The van der Waals surface area contributed by atoms with Crippen LogP contribution in [0, 0.1) is 0 Å². The molecular weight excluding hydrogens is 316 g/mol. The Balaban J connectivity index is 2.22. The van der Waals surface area contributed by atoms with Crippen molar-refractivity contribution in [2.75, 3.05) is 4.72 Å². The summed E-state index contributed by atoms with van der Waals surface area (Å²) in [5.41, 5.74) is 1.69. The molecule has 0 aliphatic carbocycles. The maximum absolute atomic E-state index is 12.1. The second kappa shape index (κ2) is 5.35. The highest BCUT2D eigenvalue weighted by molar-refractivity contribution is 7.94. The van der Waals surface area contributed by atoms with Crippen molar-refractivity contribution >= 4 is 38.6 Å². The lowest BCUT2D eigenvalue weighted by molar-refractivity contribution is 0.590. The zero-order valence-electron chi connectivity index (χ0n) is 11.3. The van der Waals surface area contributed by atoms with Crippen molar-refractivity contribution in [3.05, 3.63) is 40.5 Å². The zero-order chi connectivity index (χ0) is 15.0. The predicted octanol–water partition coefficient (Wildman–Crippen LogP) is 3.89. The van der Waals surface area contributed by atoms with E-state index in [1.54, 1.807) is 12.1 Å². The van der Waals surface area contributed by atoms with Gasteiger partial charge >= 0.3 is 0 Å². The minimum Gasteiger partial charge on any atom is -0.279 e. The standard InChI is InChI=1S/C13H15ClN2O2S2/c1-13(2,3)9-4-6-10(7-5-9)16-20(17,18)11-8-15-12(14)19-11/h4-8,16H,1-3H3. The molecule has 0 fully saturated rings. The number of halogens is 1. The molecule has 0 atom stereocenters. The van der Waals surface area contributed by atoms with Crippen LogP contribution in [0.1, 0.15) is 26.3 Å². The van der Waals surface area contributed by atoms with E-state index in [0.717, 1.165) is 16.9 Å². The smallest absolute Gasteiger partial charge is 0.273 e. The van der Waals surface area contributed by atoms with Gasteiger partial charge in [0.15, 0.2) is 8.68 Å². The molecule has 1 aromatic heterocycles. The summed E-state index contributed by atoms with van der Waals surface area (Å²) >= 11 is 6.58. The van der Waals surface area contributed by atoms with Gasteiger partial charge in [0.1, 0.15) is 0 Å². The average molecular weight is 331 g/mol. The third-order valence-electron chi connectivity index (χ3n) is 2.72. The largest absolute Gasteiger partial charge is 0.279 e. The number of nitrogens with zero attached hydrogens (tertiary/aromatic N) is 1. The second-order valence-electron chi connectivity index (χ2n) is 5.37. The molecule has 20 heavy (non-hydrogen) atoms. The summed E-state index contributed by atoms with van der Waals surface area (Å²) in [6.07, 6.45) is 1.25. The van der Waals surface area contributed by atoms with Crippen molar-refractivity contribution in [2.24, 2.45) is 0 Å². The molecule has 0 amide bonds. The van der Waals surface area contributed by atoms with E-state index in [-0.39, 0.29) is 14.1 Å². The summed E-state index contributed by atoms with van der Waals surface area (Å²) in [7, 11) is -3.62. The van der Waals surface area contributed by atoms with Crippen LogP contribution in [-0.2, 0) is 15.4 Å². The number of aromatic nitrogens is 1. The third kappa shape index (κ3) is 3.50. The SMILES string of the molecule is CC(C)(C)c1ccc(NS(=O)(=O)c2cnc(Cl)s2)cc1. The van der Waals surface area contributed by atoms with E-state index in [2.05, 4.69) is 30.5 Å². The van der Waals surface area contributed by atoms with Gasteiger partial charge in [-0.25, -0.2) is 13.4 Å². The van der Waals surface area contributed by atoms with Gasteiger partial charge in [0.2, 0.25) is 0 Å². The summed E-state index contributed by atoms with van der Waals surface area (Å²) in [5.74, 6) is 0. The molecular formula is C13H15ClN2O2S2. The van der Waals surface area contributed by atoms with E-state index >= 15 is 0 Å². The number of benzene rings is 1. The molecule has 0 spiro atoms. The van der Waals surface area contributed by atoms with Gasteiger partial charge in [0.25, 0.3) is 10.0 Å². The van der Waals surface area contributed by atoms with Crippen LogP contribution in [0.15, 0.2) is 34.7 Å². The fraction of sp³-hybridized carbons (Fsp3) is 0.308. The highest BCUT2D eigenvalue weighted by Gasteiger charge is 2.18. The summed E-state index contributed by atoms with van der Waals surface area (Å²) in [6, 6.07) is 7.33. The van der Waals surface area contributed by atoms with Crippen LogP contribution in [0.3, 0.4) is 0 Å². The van der Waals surface area contributed by atoms with E-state index in [1.165, 1.54) is 6.20 Å².